The standard InChI is InChI=1S/C14H20N4O/c1-10-2-3-11(7-15)13(6-10)17-4-5-18-12(9-17)8-16-14(18)19/h2-3,6,12H,4-5,7-9,15H2,1H3,(H,16,19). The Hall–Kier alpha value is -1.75. The van der Waals surface area contributed by atoms with Crippen molar-refractivity contribution in [2.75, 3.05) is 31.1 Å². The molecule has 1 unspecified atom stereocenters. The number of fused-ring (bicyclic) bond motifs is 1. The van der Waals surface area contributed by atoms with Gasteiger partial charge in [-0.2, -0.15) is 0 Å². The van der Waals surface area contributed by atoms with Gasteiger partial charge in [-0.05, 0) is 24.1 Å². The number of urea groups is 1. The Balaban J connectivity index is 1.84. The number of hydrogen-bond donors (Lipinski definition) is 2. The van der Waals surface area contributed by atoms with E-state index in [0.29, 0.717) is 6.54 Å². The lowest BCUT2D eigenvalue weighted by atomic mass is 10.1. The molecule has 0 aromatic heterocycles. The van der Waals surface area contributed by atoms with Crippen LogP contribution in [0.15, 0.2) is 18.2 Å². The molecule has 3 N–H and O–H groups in total. The second-order valence-corrected chi connectivity index (χ2v) is 5.32. The van der Waals surface area contributed by atoms with Gasteiger partial charge in [0.2, 0.25) is 0 Å². The predicted octanol–water partition coefficient (Wildman–Crippen LogP) is 0.668. The summed E-state index contributed by atoms with van der Waals surface area (Å²) in [4.78, 5) is 15.9. The summed E-state index contributed by atoms with van der Waals surface area (Å²) < 4.78 is 0. The summed E-state index contributed by atoms with van der Waals surface area (Å²) in [6, 6.07) is 6.76. The molecule has 0 aliphatic carbocycles. The van der Waals surface area contributed by atoms with E-state index in [1.54, 1.807) is 0 Å². The van der Waals surface area contributed by atoms with Crippen molar-refractivity contribution < 1.29 is 4.79 Å². The molecule has 2 saturated heterocycles. The monoisotopic (exact) mass is 260 g/mol. The van der Waals surface area contributed by atoms with Gasteiger partial charge in [0.25, 0.3) is 0 Å². The topological polar surface area (TPSA) is 61.6 Å². The van der Waals surface area contributed by atoms with Crippen LogP contribution in [0.5, 0.6) is 0 Å². The van der Waals surface area contributed by atoms with Crippen LogP contribution in [0.2, 0.25) is 0 Å². The Labute approximate surface area is 113 Å². The lowest BCUT2D eigenvalue weighted by Gasteiger charge is -2.38. The lowest BCUT2D eigenvalue weighted by Crippen LogP contribution is -2.52. The second kappa shape index (κ2) is 4.74. The fourth-order valence-electron chi connectivity index (χ4n) is 2.96. The van der Waals surface area contributed by atoms with Crippen LogP contribution in [0.1, 0.15) is 11.1 Å². The second-order valence-electron chi connectivity index (χ2n) is 5.32. The number of piperazine rings is 1. The molecular weight excluding hydrogens is 240 g/mol. The highest BCUT2D eigenvalue weighted by atomic mass is 16.2. The first kappa shape index (κ1) is 12.3. The summed E-state index contributed by atoms with van der Waals surface area (Å²) in [6.45, 7) is 5.95. The van der Waals surface area contributed by atoms with Gasteiger partial charge in [0.05, 0.1) is 6.04 Å². The predicted molar refractivity (Wildman–Crippen MR) is 75.2 cm³/mol. The van der Waals surface area contributed by atoms with Gasteiger partial charge in [-0.1, -0.05) is 12.1 Å². The minimum atomic E-state index is 0.0768. The van der Waals surface area contributed by atoms with Gasteiger partial charge in [-0.25, -0.2) is 4.79 Å². The maximum atomic E-state index is 11.6. The molecule has 1 aromatic carbocycles. The molecule has 2 amide bonds. The van der Waals surface area contributed by atoms with Crippen molar-refractivity contribution in [3.63, 3.8) is 0 Å². The van der Waals surface area contributed by atoms with Crippen LogP contribution in [-0.2, 0) is 6.54 Å². The van der Waals surface area contributed by atoms with Crippen molar-refractivity contribution in [2.24, 2.45) is 5.73 Å². The minimum Gasteiger partial charge on any atom is -0.367 e. The fourth-order valence-corrected chi connectivity index (χ4v) is 2.96. The molecule has 19 heavy (non-hydrogen) atoms. The van der Waals surface area contributed by atoms with E-state index in [-0.39, 0.29) is 12.1 Å². The quantitative estimate of drug-likeness (QED) is 0.821. The summed E-state index contributed by atoms with van der Waals surface area (Å²) in [7, 11) is 0. The number of carbonyl (C=O) groups excluding carboxylic acids is 1. The molecule has 102 valence electrons. The van der Waals surface area contributed by atoms with Crippen molar-refractivity contribution in [1.29, 1.82) is 0 Å². The molecule has 5 heteroatoms. The van der Waals surface area contributed by atoms with E-state index in [9.17, 15) is 4.79 Å². The molecule has 1 atom stereocenters. The highest BCUT2D eigenvalue weighted by Crippen LogP contribution is 2.25. The van der Waals surface area contributed by atoms with Crippen LogP contribution in [0.4, 0.5) is 10.5 Å². The van der Waals surface area contributed by atoms with Gasteiger partial charge < -0.3 is 20.9 Å². The van der Waals surface area contributed by atoms with Gasteiger partial charge in [0, 0.05) is 38.4 Å². The van der Waals surface area contributed by atoms with E-state index in [1.807, 2.05) is 4.90 Å². The third-order valence-corrected chi connectivity index (χ3v) is 4.03. The van der Waals surface area contributed by atoms with Gasteiger partial charge in [0.15, 0.2) is 0 Å². The highest BCUT2D eigenvalue weighted by Gasteiger charge is 2.35. The molecule has 5 nitrogen and oxygen atoms in total. The Morgan fingerprint density at radius 1 is 1.42 bits per heavy atom. The number of rotatable bonds is 2. The van der Waals surface area contributed by atoms with E-state index < -0.39 is 0 Å². The Morgan fingerprint density at radius 2 is 2.26 bits per heavy atom. The molecule has 3 rings (SSSR count). The van der Waals surface area contributed by atoms with E-state index >= 15 is 0 Å². The van der Waals surface area contributed by atoms with Gasteiger partial charge in [-0.15, -0.1) is 0 Å². The average molecular weight is 260 g/mol. The molecule has 2 heterocycles. The summed E-state index contributed by atoms with van der Waals surface area (Å²) in [6.07, 6.45) is 0. The number of hydrogen-bond acceptors (Lipinski definition) is 3. The van der Waals surface area contributed by atoms with Crippen molar-refractivity contribution in [1.82, 2.24) is 10.2 Å². The van der Waals surface area contributed by atoms with Gasteiger partial charge >= 0.3 is 6.03 Å². The summed E-state index contributed by atoms with van der Waals surface area (Å²) in [5, 5.41) is 2.91. The highest BCUT2D eigenvalue weighted by molar-refractivity contribution is 5.77. The van der Waals surface area contributed by atoms with E-state index in [0.717, 1.165) is 26.2 Å². The summed E-state index contributed by atoms with van der Waals surface area (Å²) in [5.74, 6) is 0. The molecular formula is C14H20N4O. The smallest absolute Gasteiger partial charge is 0.317 e. The molecule has 2 aliphatic heterocycles. The number of benzene rings is 1. The Morgan fingerprint density at radius 3 is 3.05 bits per heavy atom. The van der Waals surface area contributed by atoms with Gasteiger partial charge in [-0.3, -0.25) is 0 Å². The van der Waals surface area contributed by atoms with E-state index in [1.165, 1.54) is 16.8 Å². The molecule has 0 bridgehead atoms. The number of carbonyl (C=O) groups is 1. The van der Waals surface area contributed by atoms with Crippen LogP contribution in [0.3, 0.4) is 0 Å². The van der Waals surface area contributed by atoms with Crippen LogP contribution < -0.4 is 16.0 Å². The van der Waals surface area contributed by atoms with Crippen LogP contribution in [0, 0.1) is 6.92 Å². The minimum absolute atomic E-state index is 0.0768. The fraction of sp³-hybridized carbons (Fsp3) is 0.500. The van der Waals surface area contributed by atoms with Crippen molar-refractivity contribution >= 4 is 11.7 Å². The SMILES string of the molecule is Cc1ccc(CN)c(N2CCN3C(=O)NCC3C2)c1. The molecule has 0 radical (unpaired) electrons. The largest absolute Gasteiger partial charge is 0.367 e. The molecule has 0 spiro atoms. The molecule has 2 fully saturated rings. The number of anilines is 1. The number of amides is 2. The third kappa shape index (κ3) is 2.14. The summed E-state index contributed by atoms with van der Waals surface area (Å²) >= 11 is 0. The number of nitrogens with zero attached hydrogens (tertiary/aromatic N) is 2. The number of nitrogens with two attached hydrogens (primary N) is 1. The number of aryl methyl sites for hydroxylation is 1. The zero-order chi connectivity index (χ0) is 13.4. The molecule has 0 saturated carbocycles. The lowest BCUT2D eigenvalue weighted by molar-refractivity contribution is 0.197. The van der Waals surface area contributed by atoms with E-state index in [4.69, 9.17) is 5.73 Å². The van der Waals surface area contributed by atoms with Crippen LogP contribution in [0.25, 0.3) is 0 Å². The molecule has 1 aromatic rings. The van der Waals surface area contributed by atoms with E-state index in [2.05, 4.69) is 35.3 Å². The summed E-state index contributed by atoms with van der Waals surface area (Å²) in [5.41, 5.74) is 9.48. The zero-order valence-corrected chi connectivity index (χ0v) is 11.2. The van der Waals surface area contributed by atoms with Crippen molar-refractivity contribution in [2.45, 2.75) is 19.5 Å². The zero-order valence-electron chi connectivity index (χ0n) is 11.2. The Kier molecular flexibility index (Phi) is 3.06. The normalized spacial score (nSPS) is 22.4. The third-order valence-electron chi connectivity index (χ3n) is 4.03. The Bertz CT molecular complexity index is 502. The first-order valence-corrected chi connectivity index (χ1v) is 6.78. The number of nitrogens with one attached hydrogen (secondary N) is 1. The molecule has 2 aliphatic rings. The maximum Gasteiger partial charge on any atom is 0.317 e. The first-order valence-electron chi connectivity index (χ1n) is 6.78. The van der Waals surface area contributed by atoms with Gasteiger partial charge in [0.1, 0.15) is 0 Å². The maximum absolute atomic E-state index is 11.6. The first-order chi connectivity index (χ1) is 9.19. The van der Waals surface area contributed by atoms with Crippen molar-refractivity contribution in [3.8, 4) is 0 Å². The van der Waals surface area contributed by atoms with Crippen LogP contribution in [-0.4, -0.2) is 43.2 Å². The van der Waals surface area contributed by atoms with Crippen molar-refractivity contribution in [3.05, 3.63) is 29.3 Å². The average Bonchev–Trinajstić information content (AvgIpc) is 2.80. The van der Waals surface area contributed by atoms with Crippen LogP contribution >= 0.6 is 0 Å².